The summed E-state index contributed by atoms with van der Waals surface area (Å²) in [6, 6.07) is 9.45. The van der Waals surface area contributed by atoms with E-state index in [1.165, 1.54) is 0 Å². The van der Waals surface area contributed by atoms with Crippen molar-refractivity contribution in [2.24, 2.45) is 0 Å². The number of ether oxygens (including phenoxy) is 2. The molecule has 0 amide bonds. The zero-order valence-corrected chi connectivity index (χ0v) is 12.6. The van der Waals surface area contributed by atoms with E-state index in [1.54, 1.807) is 32.9 Å². The molecular weight excluding hydrogens is 268 g/mol. The summed E-state index contributed by atoms with van der Waals surface area (Å²) in [5, 5.41) is 0. The Labute approximate surface area is 125 Å². The Bertz CT molecular complexity index is 541. The molecule has 0 aliphatic carbocycles. The third-order valence-corrected chi connectivity index (χ3v) is 2.72. The van der Waals surface area contributed by atoms with Gasteiger partial charge in [0, 0.05) is 11.1 Å². The minimum Gasteiger partial charge on any atom is -0.463 e. The van der Waals surface area contributed by atoms with Crippen molar-refractivity contribution in [2.45, 2.75) is 27.4 Å². The van der Waals surface area contributed by atoms with Gasteiger partial charge in [0.15, 0.2) is 0 Å². The largest absolute Gasteiger partial charge is 0.463 e. The maximum Gasteiger partial charge on any atom is 0.334 e. The molecule has 0 fully saturated rings. The first kappa shape index (κ1) is 16.7. The first-order valence-electron chi connectivity index (χ1n) is 6.78. The summed E-state index contributed by atoms with van der Waals surface area (Å²) in [5.74, 6) is -0.800. The van der Waals surface area contributed by atoms with E-state index >= 15 is 0 Å². The lowest BCUT2D eigenvalue weighted by Crippen LogP contribution is -2.06. The molecule has 1 rings (SSSR count). The zero-order valence-electron chi connectivity index (χ0n) is 12.6. The number of carbonyl (C=O) groups is 2. The van der Waals surface area contributed by atoms with Crippen LogP contribution in [0.15, 0.2) is 53.6 Å². The molecule has 0 unspecified atom stereocenters. The molecule has 0 atom stereocenters. The first-order chi connectivity index (χ1) is 10.0. The number of benzene rings is 1. The molecular formula is C17H20O4. The highest BCUT2D eigenvalue weighted by Crippen LogP contribution is 2.05. The maximum absolute atomic E-state index is 11.8. The molecule has 4 heteroatoms. The van der Waals surface area contributed by atoms with Crippen LogP contribution in [-0.4, -0.2) is 18.5 Å². The molecule has 0 radical (unpaired) electrons. The Morgan fingerprint density at radius 1 is 0.952 bits per heavy atom. The van der Waals surface area contributed by atoms with E-state index < -0.39 is 5.97 Å². The average Bonchev–Trinajstić information content (AvgIpc) is 2.51. The summed E-state index contributed by atoms with van der Waals surface area (Å²) < 4.78 is 10.0. The van der Waals surface area contributed by atoms with Gasteiger partial charge in [0.05, 0.1) is 6.61 Å². The van der Waals surface area contributed by atoms with Gasteiger partial charge in [0.2, 0.25) is 0 Å². The minimum absolute atomic E-state index is 0.228. The van der Waals surface area contributed by atoms with Gasteiger partial charge in [-0.1, -0.05) is 42.5 Å². The average molecular weight is 288 g/mol. The van der Waals surface area contributed by atoms with Crippen molar-refractivity contribution in [3.8, 4) is 0 Å². The molecule has 0 heterocycles. The molecule has 4 nitrogen and oxygen atoms in total. The fourth-order valence-corrected chi connectivity index (χ4v) is 1.47. The van der Waals surface area contributed by atoms with Gasteiger partial charge in [-0.15, -0.1) is 0 Å². The first-order valence-corrected chi connectivity index (χ1v) is 6.78. The van der Waals surface area contributed by atoms with Gasteiger partial charge >= 0.3 is 11.9 Å². The van der Waals surface area contributed by atoms with Gasteiger partial charge in [0.1, 0.15) is 6.61 Å². The highest BCUT2D eigenvalue weighted by atomic mass is 16.5. The van der Waals surface area contributed by atoms with E-state index in [1.807, 2.05) is 30.3 Å². The normalized spacial score (nSPS) is 12.0. The van der Waals surface area contributed by atoms with Crippen LogP contribution in [0.5, 0.6) is 0 Å². The predicted molar refractivity (Wildman–Crippen MR) is 80.4 cm³/mol. The van der Waals surface area contributed by atoms with Gasteiger partial charge < -0.3 is 9.47 Å². The van der Waals surface area contributed by atoms with Crippen LogP contribution in [0.3, 0.4) is 0 Å². The molecule has 1 aromatic carbocycles. The van der Waals surface area contributed by atoms with E-state index in [2.05, 4.69) is 0 Å². The van der Waals surface area contributed by atoms with Crippen molar-refractivity contribution in [1.82, 2.24) is 0 Å². The van der Waals surface area contributed by atoms with Gasteiger partial charge in [-0.3, -0.25) is 0 Å². The fraction of sp³-hybridized carbons (Fsp3) is 0.294. The third-order valence-electron chi connectivity index (χ3n) is 2.72. The molecule has 1 aromatic rings. The summed E-state index contributed by atoms with van der Waals surface area (Å²) in [7, 11) is 0. The van der Waals surface area contributed by atoms with Crippen molar-refractivity contribution in [2.75, 3.05) is 6.61 Å². The van der Waals surface area contributed by atoms with E-state index in [9.17, 15) is 9.59 Å². The molecule has 0 aliphatic rings. The highest BCUT2D eigenvalue weighted by Gasteiger charge is 2.07. The summed E-state index contributed by atoms with van der Waals surface area (Å²) >= 11 is 0. The van der Waals surface area contributed by atoms with Gasteiger partial charge in [-0.25, -0.2) is 9.59 Å². The summed E-state index contributed by atoms with van der Waals surface area (Å²) in [6.07, 6.45) is 3.11. The molecule has 21 heavy (non-hydrogen) atoms. The van der Waals surface area contributed by atoms with E-state index in [0.29, 0.717) is 17.8 Å². The molecule has 0 aliphatic heterocycles. The van der Waals surface area contributed by atoms with E-state index in [-0.39, 0.29) is 12.6 Å². The van der Waals surface area contributed by atoms with Crippen molar-refractivity contribution < 1.29 is 19.1 Å². The van der Waals surface area contributed by atoms with Crippen LogP contribution in [-0.2, 0) is 25.7 Å². The van der Waals surface area contributed by atoms with Crippen molar-refractivity contribution in [3.63, 3.8) is 0 Å². The second-order valence-electron chi connectivity index (χ2n) is 4.48. The Kier molecular flexibility index (Phi) is 6.95. The summed E-state index contributed by atoms with van der Waals surface area (Å²) in [5.41, 5.74) is 1.79. The van der Waals surface area contributed by atoms with Gasteiger partial charge in [-0.05, 0) is 26.3 Å². The molecule has 112 valence electrons. The highest BCUT2D eigenvalue weighted by molar-refractivity contribution is 5.90. The van der Waals surface area contributed by atoms with Gasteiger partial charge in [0.25, 0.3) is 0 Å². The maximum atomic E-state index is 11.8. The molecule has 0 saturated carbocycles. The molecule has 0 N–H and O–H groups in total. The van der Waals surface area contributed by atoms with Crippen LogP contribution in [0.2, 0.25) is 0 Å². The van der Waals surface area contributed by atoms with Gasteiger partial charge in [-0.2, -0.15) is 0 Å². The van der Waals surface area contributed by atoms with Crippen molar-refractivity contribution in [1.29, 1.82) is 0 Å². The van der Waals surface area contributed by atoms with Crippen LogP contribution in [0.1, 0.15) is 26.3 Å². The smallest absolute Gasteiger partial charge is 0.334 e. The molecule has 0 spiro atoms. The number of esters is 2. The molecule has 0 aromatic heterocycles. The topological polar surface area (TPSA) is 52.6 Å². The number of hydrogen-bond donors (Lipinski definition) is 0. The lowest BCUT2D eigenvalue weighted by molar-refractivity contribution is -0.140. The second kappa shape index (κ2) is 8.74. The quantitative estimate of drug-likeness (QED) is 0.458. The van der Waals surface area contributed by atoms with Crippen LogP contribution < -0.4 is 0 Å². The fourth-order valence-electron chi connectivity index (χ4n) is 1.47. The Balaban J connectivity index is 2.55. The SMILES string of the molecule is CCOC(=O)/C(C)=C/C=C(\C)C(=O)OCc1ccccc1. The summed E-state index contributed by atoms with van der Waals surface area (Å²) in [4.78, 5) is 23.2. The minimum atomic E-state index is -0.410. The van der Waals surface area contributed by atoms with E-state index in [0.717, 1.165) is 5.56 Å². The van der Waals surface area contributed by atoms with Crippen LogP contribution in [0.25, 0.3) is 0 Å². The Morgan fingerprint density at radius 2 is 1.48 bits per heavy atom. The predicted octanol–water partition coefficient (Wildman–Crippen LogP) is 3.19. The standard InChI is InChI=1S/C17H20O4/c1-4-20-16(18)13(2)10-11-14(3)17(19)21-12-15-8-6-5-7-9-15/h5-11H,4,12H2,1-3H3/b13-10+,14-11+. The number of carbonyl (C=O) groups excluding carboxylic acids is 2. The lowest BCUT2D eigenvalue weighted by Gasteiger charge is -2.04. The third kappa shape index (κ3) is 6.08. The molecule has 0 saturated heterocycles. The van der Waals surface area contributed by atoms with Crippen molar-refractivity contribution >= 4 is 11.9 Å². The Morgan fingerprint density at radius 3 is 2.00 bits per heavy atom. The Hall–Kier alpha value is -2.36. The zero-order chi connectivity index (χ0) is 15.7. The number of hydrogen-bond acceptors (Lipinski definition) is 4. The monoisotopic (exact) mass is 288 g/mol. The van der Waals surface area contributed by atoms with E-state index in [4.69, 9.17) is 9.47 Å². The molecule has 0 bridgehead atoms. The number of allylic oxidation sites excluding steroid dienone is 2. The van der Waals surface area contributed by atoms with Crippen LogP contribution >= 0.6 is 0 Å². The second-order valence-corrected chi connectivity index (χ2v) is 4.48. The lowest BCUT2D eigenvalue weighted by atomic mass is 10.2. The van der Waals surface area contributed by atoms with Crippen LogP contribution in [0.4, 0.5) is 0 Å². The summed E-state index contributed by atoms with van der Waals surface area (Å²) in [6.45, 7) is 5.57. The van der Waals surface area contributed by atoms with Crippen molar-refractivity contribution in [3.05, 3.63) is 59.2 Å². The van der Waals surface area contributed by atoms with Crippen LogP contribution in [0, 0.1) is 0 Å². The number of rotatable bonds is 6.